The van der Waals surface area contributed by atoms with Gasteiger partial charge in [-0.05, 0) is 51.8 Å². The van der Waals surface area contributed by atoms with Crippen LogP contribution in [0.5, 0.6) is 5.75 Å². The molecule has 34 heavy (non-hydrogen) atoms. The topological polar surface area (TPSA) is 93.0 Å². The standard InChI is InChI=1S/C23H26F2N4O4S/c1-23(2,3)34(31,32)27-22(30)17-13-26-29-9-7-15(12-20(17)29)28-8-5-6-19(28)16-10-14(24)11-18(25)21(16)33-4/h7,9-13,19H,5-6,8H2,1-4H3,(H,27,30)/t19-/m1/s1. The van der Waals surface area contributed by atoms with E-state index in [9.17, 15) is 22.0 Å². The zero-order valence-corrected chi connectivity index (χ0v) is 20.1. The zero-order chi connectivity index (χ0) is 24.8. The molecule has 8 nitrogen and oxygen atoms in total. The number of nitrogens with zero attached hydrogens (tertiary/aromatic N) is 3. The molecule has 182 valence electrons. The van der Waals surface area contributed by atoms with Crippen molar-refractivity contribution in [1.82, 2.24) is 14.3 Å². The van der Waals surface area contributed by atoms with Crippen molar-refractivity contribution in [2.24, 2.45) is 0 Å². The molecule has 0 aliphatic carbocycles. The number of halogens is 2. The third-order valence-corrected chi connectivity index (χ3v) is 8.03. The van der Waals surface area contributed by atoms with Crippen LogP contribution in [0.4, 0.5) is 14.5 Å². The molecule has 3 heterocycles. The average Bonchev–Trinajstić information content (AvgIpc) is 3.38. The Bertz CT molecular complexity index is 1370. The van der Waals surface area contributed by atoms with Crippen LogP contribution in [0.15, 0.2) is 36.7 Å². The number of carbonyl (C=O) groups excluding carboxylic acids is 1. The molecular weight excluding hydrogens is 466 g/mol. The smallest absolute Gasteiger partial charge is 0.268 e. The second kappa shape index (κ2) is 8.53. The number of pyridine rings is 1. The largest absolute Gasteiger partial charge is 0.493 e. The minimum absolute atomic E-state index is 0.00353. The molecule has 1 fully saturated rings. The summed E-state index contributed by atoms with van der Waals surface area (Å²) in [7, 11) is -2.57. The fraction of sp³-hybridized carbons (Fsp3) is 0.391. The van der Waals surface area contributed by atoms with Gasteiger partial charge in [0.25, 0.3) is 5.91 Å². The molecule has 0 radical (unpaired) electrons. The number of sulfonamides is 1. The number of anilines is 1. The number of carbonyl (C=O) groups is 1. The number of hydrogen-bond acceptors (Lipinski definition) is 6. The van der Waals surface area contributed by atoms with E-state index in [1.165, 1.54) is 44.7 Å². The Morgan fingerprint density at radius 3 is 2.65 bits per heavy atom. The first-order valence-corrected chi connectivity index (χ1v) is 12.2. The molecule has 1 saturated heterocycles. The van der Waals surface area contributed by atoms with Crippen LogP contribution < -0.4 is 14.4 Å². The molecule has 1 aromatic carbocycles. The number of ether oxygens (including phenoxy) is 1. The molecule has 11 heteroatoms. The Morgan fingerprint density at radius 2 is 1.97 bits per heavy atom. The Morgan fingerprint density at radius 1 is 1.24 bits per heavy atom. The lowest BCUT2D eigenvalue weighted by molar-refractivity contribution is 0.0982. The van der Waals surface area contributed by atoms with Gasteiger partial charge in [-0.25, -0.2) is 26.4 Å². The molecule has 0 saturated carbocycles. The lowest BCUT2D eigenvalue weighted by Gasteiger charge is -2.28. The number of aromatic nitrogens is 2. The molecular formula is C23H26F2N4O4S. The van der Waals surface area contributed by atoms with Gasteiger partial charge in [-0.15, -0.1) is 0 Å². The van der Waals surface area contributed by atoms with Crippen molar-refractivity contribution in [2.45, 2.75) is 44.4 Å². The van der Waals surface area contributed by atoms with Crippen LogP contribution in [0.1, 0.15) is 55.6 Å². The van der Waals surface area contributed by atoms with Crippen molar-refractivity contribution in [3.63, 3.8) is 0 Å². The first-order valence-electron chi connectivity index (χ1n) is 10.8. The van der Waals surface area contributed by atoms with Gasteiger partial charge in [0.1, 0.15) is 5.82 Å². The highest BCUT2D eigenvalue weighted by Gasteiger charge is 2.33. The number of methoxy groups -OCH3 is 1. The molecule has 3 aromatic rings. The van der Waals surface area contributed by atoms with Crippen LogP contribution in [0.3, 0.4) is 0 Å². The summed E-state index contributed by atoms with van der Waals surface area (Å²) in [5.74, 6) is -2.25. The Hall–Kier alpha value is -3.21. The van der Waals surface area contributed by atoms with Crippen molar-refractivity contribution < 1.29 is 26.7 Å². The molecule has 1 amide bonds. The minimum Gasteiger partial charge on any atom is -0.493 e. The van der Waals surface area contributed by atoms with Crippen LogP contribution in [0.2, 0.25) is 0 Å². The van der Waals surface area contributed by atoms with E-state index in [0.29, 0.717) is 29.7 Å². The van der Waals surface area contributed by atoms with Gasteiger partial charge in [-0.3, -0.25) is 4.79 Å². The summed E-state index contributed by atoms with van der Waals surface area (Å²) in [4.78, 5) is 14.8. The summed E-state index contributed by atoms with van der Waals surface area (Å²) < 4.78 is 60.9. The second-order valence-corrected chi connectivity index (χ2v) is 11.6. The third-order valence-electron chi connectivity index (χ3n) is 5.97. The first kappa shape index (κ1) is 23.9. The second-order valence-electron chi connectivity index (χ2n) is 9.18. The normalized spacial score (nSPS) is 16.8. The van der Waals surface area contributed by atoms with E-state index in [1.807, 2.05) is 4.90 Å². The molecule has 1 aliphatic rings. The maximum atomic E-state index is 14.3. The van der Waals surface area contributed by atoms with E-state index in [1.54, 1.807) is 18.3 Å². The van der Waals surface area contributed by atoms with E-state index in [2.05, 4.69) is 9.82 Å². The molecule has 0 spiro atoms. The lowest BCUT2D eigenvalue weighted by Crippen LogP contribution is -2.42. The minimum atomic E-state index is -3.91. The van der Waals surface area contributed by atoms with E-state index in [0.717, 1.165) is 12.5 Å². The van der Waals surface area contributed by atoms with Crippen molar-refractivity contribution in [3.8, 4) is 5.75 Å². The SMILES string of the molecule is COc1c(F)cc(F)cc1[C@H]1CCCN1c1ccn2ncc(C(=O)NS(=O)(=O)C(C)(C)C)c2c1. The number of fused-ring (bicyclic) bond motifs is 1. The Kier molecular flexibility index (Phi) is 6.01. The van der Waals surface area contributed by atoms with Gasteiger partial charge < -0.3 is 9.64 Å². The molecule has 1 N–H and O–H groups in total. The van der Waals surface area contributed by atoms with Crippen molar-refractivity contribution in [2.75, 3.05) is 18.6 Å². The molecule has 4 rings (SSSR count). The summed E-state index contributed by atoms with van der Waals surface area (Å²) in [5, 5.41) is 4.15. The van der Waals surface area contributed by atoms with E-state index in [-0.39, 0.29) is 17.4 Å². The number of benzene rings is 1. The average molecular weight is 493 g/mol. The highest BCUT2D eigenvalue weighted by atomic mass is 32.2. The summed E-state index contributed by atoms with van der Waals surface area (Å²) >= 11 is 0. The van der Waals surface area contributed by atoms with Crippen molar-refractivity contribution >= 4 is 27.1 Å². The third kappa shape index (κ3) is 4.20. The van der Waals surface area contributed by atoms with Crippen molar-refractivity contribution in [1.29, 1.82) is 0 Å². The van der Waals surface area contributed by atoms with Gasteiger partial charge in [0.2, 0.25) is 10.0 Å². The number of amides is 1. The molecule has 1 aliphatic heterocycles. The summed E-state index contributed by atoms with van der Waals surface area (Å²) in [6.07, 6.45) is 4.39. The Balaban J connectivity index is 1.72. The van der Waals surface area contributed by atoms with Gasteiger partial charge in [-0.1, -0.05) is 0 Å². The summed E-state index contributed by atoms with van der Waals surface area (Å²) in [6, 6.07) is 5.22. The maximum Gasteiger partial charge on any atom is 0.268 e. The maximum absolute atomic E-state index is 14.3. The van der Waals surface area contributed by atoms with Gasteiger partial charge in [0, 0.05) is 30.1 Å². The monoisotopic (exact) mass is 492 g/mol. The summed E-state index contributed by atoms with van der Waals surface area (Å²) in [5.41, 5.74) is 1.61. The quantitative estimate of drug-likeness (QED) is 0.582. The highest BCUT2D eigenvalue weighted by Crippen LogP contribution is 2.41. The van der Waals surface area contributed by atoms with Crippen LogP contribution >= 0.6 is 0 Å². The van der Waals surface area contributed by atoms with Crippen LogP contribution in [0, 0.1) is 11.6 Å². The van der Waals surface area contributed by atoms with Gasteiger partial charge >= 0.3 is 0 Å². The molecule has 0 unspecified atom stereocenters. The van der Waals surface area contributed by atoms with Gasteiger partial charge in [0.15, 0.2) is 11.6 Å². The highest BCUT2D eigenvalue weighted by molar-refractivity contribution is 7.91. The van der Waals surface area contributed by atoms with E-state index >= 15 is 0 Å². The van der Waals surface area contributed by atoms with Crippen LogP contribution in [-0.4, -0.2) is 42.3 Å². The molecule has 0 bridgehead atoms. The molecule has 1 atom stereocenters. The fourth-order valence-corrected chi connectivity index (χ4v) is 4.76. The lowest BCUT2D eigenvalue weighted by atomic mass is 10.0. The number of hydrogen-bond donors (Lipinski definition) is 1. The summed E-state index contributed by atoms with van der Waals surface area (Å²) in [6.45, 7) is 5.10. The van der Waals surface area contributed by atoms with Gasteiger partial charge in [0.05, 0.1) is 35.2 Å². The van der Waals surface area contributed by atoms with Crippen LogP contribution in [-0.2, 0) is 10.0 Å². The zero-order valence-electron chi connectivity index (χ0n) is 19.3. The first-order chi connectivity index (χ1) is 15.9. The van der Waals surface area contributed by atoms with Gasteiger partial charge in [-0.2, -0.15) is 5.10 Å². The van der Waals surface area contributed by atoms with E-state index in [4.69, 9.17) is 4.74 Å². The number of nitrogens with one attached hydrogen (secondary N) is 1. The Labute approximate surface area is 196 Å². The van der Waals surface area contributed by atoms with Crippen LogP contribution in [0.25, 0.3) is 5.52 Å². The van der Waals surface area contributed by atoms with E-state index < -0.39 is 32.3 Å². The predicted molar refractivity (Wildman–Crippen MR) is 124 cm³/mol. The van der Waals surface area contributed by atoms with Crippen molar-refractivity contribution in [3.05, 3.63) is 59.4 Å². The predicted octanol–water partition coefficient (Wildman–Crippen LogP) is 3.82. The number of rotatable bonds is 5. The fourth-order valence-electron chi connectivity index (χ4n) is 4.10. The molecule has 2 aromatic heterocycles.